The fourth-order valence-electron chi connectivity index (χ4n) is 2.04. The maximum Gasteiger partial charge on any atom is 0.225 e. The van der Waals surface area contributed by atoms with Crippen LogP contribution in [0.15, 0.2) is 12.2 Å². The number of hydrogen-bond donors (Lipinski definition) is 0. The van der Waals surface area contributed by atoms with Gasteiger partial charge >= 0.3 is 0 Å². The van der Waals surface area contributed by atoms with Crippen LogP contribution in [-0.4, -0.2) is 5.24 Å². The van der Waals surface area contributed by atoms with Crippen LogP contribution in [0.25, 0.3) is 0 Å². The molecule has 0 N–H and O–H groups in total. The molecule has 0 aliphatic heterocycles. The maximum absolute atomic E-state index is 10.8. The van der Waals surface area contributed by atoms with Crippen molar-refractivity contribution in [3.8, 4) is 0 Å². The Labute approximate surface area is 65.1 Å². The second-order valence-corrected chi connectivity index (χ2v) is 3.56. The summed E-state index contributed by atoms with van der Waals surface area (Å²) in [7, 11) is 0. The van der Waals surface area contributed by atoms with Crippen molar-refractivity contribution in [2.45, 2.75) is 12.8 Å². The molecule has 2 bridgehead atoms. The maximum atomic E-state index is 10.8. The van der Waals surface area contributed by atoms with Crippen LogP contribution >= 0.6 is 11.6 Å². The Morgan fingerprint density at radius 2 is 2.20 bits per heavy atom. The number of hydrogen-bond acceptors (Lipinski definition) is 1. The van der Waals surface area contributed by atoms with Crippen molar-refractivity contribution in [1.29, 1.82) is 0 Å². The fourth-order valence-corrected chi connectivity index (χ4v) is 2.29. The SMILES string of the molecule is O=C(Cl)[C@@H]1C[C@H]2C=C[C@H]1C2. The van der Waals surface area contributed by atoms with E-state index in [1.165, 1.54) is 0 Å². The summed E-state index contributed by atoms with van der Waals surface area (Å²) in [4.78, 5) is 10.8. The largest absolute Gasteiger partial charge is 0.281 e. The van der Waals surface area contributed by atoms with E-state index in [4.69, 9.17) is 11.6 Å². The van der Waals surface area contributed by atoms with Crippen LogP contribution in [0.1, 0.15) is 12.8 Å². The molecule has 54 valence electrons. The van der Waals surface area contributed by atoms with E-state index in [1.807, 2.05) is 0 Å². The minimum absolute atomic E-state index is 0.136. The molecule has 0 aromatic heterocycles. The molecule has 1 saturated carbocycles. The lowest BCUT2D eigenvalue weighted by Gasteiger charge is -2.11. The van der Waals surface area contributed by atoms with E-state index >= 15 is 0 Å². The van der Waals surface area contributed by atoms with Gasteiger partial charge in [0.15, 0.2) is 0 Å². The van der Waals surface area contributed by atoms with Crippen molar-refractivity contribution in [3.63, 3.8) is 0 Å². The van der Waals surface area contributed by atoms with Gasteiger partial charge < -0.3 is 0 Å². The van der Waals surface area contributed by atoms with Crippen molar-refractivity contribution >= 4 is 16.8 Å². The number of carbonyl (C=O) groups excluding carboxylic acids is 1. The van der Waals surface area contributed by atoms with Gasteiger partial charge in [0.05, 0.1) is 0 Å². The molecular formula is C8H9ClO. The summed E-state index contributed by atoms with van der Waals surface area (Å²) >= 11 is 5.41. The first kappa shape index (κ1) is 6.41. The van der Waals surface area contributed by atoms with Crippen LogP contribution in [0.5, 0.6) is 0 Å². The quantitative estimate of drug-likeness (QED) is 0.419. The van der Waals surface area contributed by atoms with Gasteiger partial charge in [-0.25, -0.2) is 0 Å². The van der Waals surface area contributed by atoms with E-state index in [2.05, 4.69) is 12.2 Å². The summed E-state index contributed by atoms with van der Waals surface area (Å²) in [6.07, 6.45) is 6.49. The van der Waals surface area contributed by atoms with Gasteiger partial charge in [-0.1, -0.05) is 12.2 Å². The number of halogens is 1. The van der Waals surface area contributed by atoms with Gasteiger partial charge in [-0.2, -0.15) is 0 Å². The summed E-state index contributed by atoms with van der Waals surface area (Å²) in [6.45, 7) is 0. The molecule has 0 saturated heterocycles. The normalized spacial score (nSPS) is 42.7. The van der Waals surface area contributed by atoms with Crippen molar-refractivity contribution in [3.05, 3.63) is 12.2 Å². The monoisotopic (exact) mass is 156 g/mol. The molecule has 0 unspecified atom stereocenters. The first-order valence-corrected chi connectivity index (χ1v) is 4.03. The molecule has 2 heteroatoms. The summed E-state index contributed by atoms with van der Waals surface area (Å²) in [5.74, 6) is 1.25. The fraction of sp³-hybridized carbons (Fsp3) is 0.625. The van der Waals surface area contributed by atoms with Gasteiger partial charge in [-0.05, 0) is 36.3 Å². The molecular weight excluding hydrogens is 148 g/mol. The third kappa shape index (κ3) is 0.807. The Morgan fingerprint density at radius 1 is 1.40 bits per heavy atom. The topological polar surface area (TPSA) is 17.1 Å². The molecule has 2 rings (SSSR count). The highest BCUT2D eigenvalue weighted by Crippen LogP contribution is 2.44. The Morgan fingerprint density at radius 3 is 2.50 bits per heavy atom. The number of allylic oxidation sites excluding steroid dienone is 2. The van der Waals surface area contributed by atoms with E-state index in [0.29, 0.717) is 11.8 Å². The number of fused-ring (bicyclic) bond motifs is 2. The highest BCUT2D eigenvalue weighted by atomic mass is 35.5. The second kappa shape index (κ2) is 2.09. The van der Waals surface area contributed by atoms with Gasteiger partial charge in [0, 0.05) is 5.92 Å². The smallest absolute Gasteiger partial charge is 0.225 e. The third-order valence-corrected chi connectivity index (χ3v) is 2.85. The Balaban J connectivity index is 2.16. The van der Waals surface area contributed by atoms with Crippen molar-refractivity contribution in [2.75, 3.05) is 0 Å². The highest BCUT2D eigenvalue weighted by Gasteiger charge is 2.38. The van der Waals surface area contributed by atoms with Crippen LogP contribution in [0.3, 0.4) is 0 Å². The average molecular weight is 157 g/mol. The number of rotatable bonds is 1. The zero-order valence-electron chi connectivity index (χ0n) is 5.59. The van der Waals surface area contributed by atoms with E-state index in [0.717, 1.165) is 12.8 Å². The molecule has 10 heavy (non-hydrogen) atoms. The van der Waals surface area contributed by atoms with Crippen LogP contribution < -0.4 is 0 Å². The van der Waals surface area contributed by atoms with Crippen LogP contribution in [0.4, 0.5) is 0 Å². The second-order valence-electron chi connectivity index (χ2n) is 3.19. The standard InChI is InChI=1S/C8H9ClO/c9-8(10)7-4-5-1-2-6(7)3-5/h1-2,5-7H,3-4H2/t5-,6-,7+/m0/s1. The number of carbonyl (C=O) groups is 1. The zero-order valence-corrected chi connectivity index (χ0v) is 6.34. The molecule has 0 aromatic rings. The molecule has 0 aromatic carbocycles. The van der Waals surface area contributed by atoms with Crippen molar-refractivity contribution < 1.29 is 4.79 Å². The molecule has 1 fully saturated rings. The molecule has 1 nitrogen and oxygen atoms in total. The van der Waals surface area contributed by atoms with Crippen molar-refractivity contribution in [1.82, 2.24) is 0 Å². The lowest BCUT2D eigenvalue weighted by molar-refractivity contribution is -0.115. The molecule has 3 atom stereocenters. The summed E-state index contributed by atoms with van der Waals surface area (Å²) < 4.78 is 0. The zero-order chi connectivity index (χ0) is 7.14. The minimum atomic E-state index is -0.142. The first-order chi connectivity index (χ1) is 4.77. The van der Waals surface area contributed by atoms with Crippen LogP contribution in [0, 0.1) is 17.8 Å². The lowest BCUT2D eigenvalue weighted by Crippen LogP contribution is -2.13. The van der Waals surface area contributed by atoms with Gasteiger partial charge in [-0.3, -0.25) is 4.79 Å². The molecule has 0 radical (unpaired) electrons. The predicted molar refractivity (Wildman–Crippen MR) is 39.7 cm³/mol. The van der Waals surface area contributed by atoms with Gasteiger partial charge in [0.1, 0.15) is 0 Å². The van der Waals surface area contributed by atoms with E-state index < -0.39 is 0 Å². The summed E-state index contributed by atoms with van der Waals surface area (Å²) in [5.41, 5.74) is 0. The molecule has 0 spiro atoms. The molecule has 0 heterocycles. The van der Waals surface area contributed by atoms with Crippen LogP contribution in [-0.2, 0) is 4.79 Å². The van der Waals surface area contributed by atoms with Crippen LogP contribution in [0.2, 0.25) is 0 Å². The predicted octanol–water partition coefficient (Wildman–Crippen LogP) is 1.96. The molecule has 2 aliphatic rings. The Bertz CT molecular complexity index is 197. The van der Waals surface area contributed by atoms with E-state index in [1.54, 1.807) is 0 Å². The minimum Gasteiger partial charge on any atom is -0.281 e. The van der Waals surface area contributed by atoms with Gasteiger partial charge in [-0.15, -0.1) is 0 Å². The third-order valence-electron chi connectivity index (χ3n) is 2.57. The average Bonchev–Trinajstić information content (AvgIpc) is 2.44. The van der Waals surface area contributed by atoms with E-state index in [9.17, 15) is 4.79 Å². The highest BCUT2D eigenvalue weighted by molar-refractivity contribution is 6.64. The lowest BCUT2D eigenvalue weighted by atomic mass is 9.95. The van der Waals surface area contributed by atoms with Gasteiger partial charge in [0.25, 0.3) is 0 Å². The first-order valence-electron chi connectivity index (χ1n) is 3.65. The molecule has 0 amide bonds. The van der Waals surface area contributed by atoms with Crippen molar-refractivity contribution in [2.24, 2.45) is 17.8 Å². The molecule has 2 aliphatic carbocycles. The summed E-state index contributed by atoms with van der Waals surface area (Å²) in [6, 6.07) is 0. The summed E-state index contributed by atoms with van der Waals surface area (Å²) in [5, 5.41) is -0.142. The Kier molecular flexibility index (Phi) is 1.34. The Hall–Kier alpha value is -0.300. The van der Waals surface area contributed by atoms with E-state index in [-0.39, 0.29) is 11.2 Å². The van der Waals surface area contributed by atoms with Gasteiger partial charge in [0.2, 0.25) is 5.24 Å².